The van der Waals surface area contributed by atoms with E-state index in [1.54, 1.807) is 18.2 Å². The second-order valence-corrected chi connectivity index (χ2v) is 15.4. The van der Waals surface area contributed by atoms with E-state index in [4.69, 9.17) is 10.7 Å². The molecule has 3 aliphatic rings. The van der Waals surface area contributed by atoms with Crippen LogP contribution < -0.4 is 26.6 Å². The molecule has 7 rings (SSSR count). The molecule has 58 heavy (non-hydrogen) atoms. The summed E-state index contributed by atoms with van der Waals surface area (Å²) in [5, 5.41) is 28.7. The summed E-state index contributed by atoms with van der Waals surface area (Å²) in [5.74, 6) is -2.02. The number of hydrogen-bond acceptors (Lipinski definition) is 12. The number of anilines is 2. The number of nitriles is 2. The number of nitrogens with two attached hydrogens (primary N) is 1. The predicted molar refractivity (Wildman–Crippen MR) is 216 cm³/mol. The van der Waals surface area contributed by atoms with E-state index in [9.17, 15) is 34.5 Å². The van der Waals surface area contributed by atoms with Crippen LogP contribution in [0.25, 0.3) is 0 Å². The number of thioether (sulfide) groups is 1. The van der Waals surface area contributed by atoms with Crippen molar-refractivity contribution < 1.29 is 24.0 Å². The number of rotatable bonds is 12. The third-order valence-electron chi connectivity index (χ3n) is 10.7. The van der Waals surface area contributed by atoms with Crippen LogP contribution in [-0.2, 0) is 33.9 Å². The summed E-state index contributed by atoms with van der Waals surface area (Å²) >= 11 is 1.19. The van der Waals surface area contributed by atoms with Crippen molar-refractivity contribution in [2.45, 2.75) is 74.5 Å². The van der Waals surface area contributed by atoms with Crippen LogP contribution in [0.1, 0.15) is 92.0 Å². The van der Waals surface area contributed by atoms with Gasteiger partial charge in [-0.1, -0.05) is 79.3 Å². The molecule has 2 saturated heterocycles. The van der Waals surface area contributed by atoms with Gasteiger partial charge in [-0.2, -0.15) is 10.5 Å². The Balaban J connectivity index is 1.04. The number of carbonyl (C=O) groups is 5. The van der Waals surface area contributed by atoms with Crippen molar-refractivity contribution in [2.24, 2.45) is 5.73 Å². The largest absolute Gasteiger partial charge is 0.380 e. The van der Waals surface area contributed by atoms with E-state index in [1.165, 1.54) is 11.8 Å². The minimum Gasteiger partial charge on any atom is -0.380 e. The first-order valence-electron chi connectivity index (χ1n) is 19.1. The van der Waals surface area contributed by atoms with Crippen molar-refractivity contribution in [3.8, 4) is 12.1 Å². The summed E-state index contributed by atoms with van der Waals surface area (Å²) in [6, 6.07) is 25.4. The molecule has 3 aromatic carbocycles. The Bertz CT molecular complexity index is 2370. The lowest BCUT2D eigenvalue weighted by molar-refractivity contribution is -0.136. The molecule has 3 aliphatic heterocycles. The zero-order chi connectivity index (χ0) is 40.9. The third-order valence-corrected chi connectivity index (χ3v) is 11.9. The van der Waals surface area contributed by atoms with Crippen LogP contribution in [0.15, 0.2) is 77.8 Å². The molecule has 15 heteroatoms. The normalized spacial score (nSPS) is 17.3. The first-order chi connectivity index (χ1) is 28.1. The minimum atomic E-state index is -1.05. The average Bonchev–Trinajstić information content (AvgIpc) is 3.50. The highest BCUT2D eigenvalue weighted by Crippen LogP contribution is 2.40. The van der Waals surface area contributed by atoms with Crippen molar-refractivity contribution in [2.75, 3.05) is 23.3 Å². The fraction of sp³-hybridized carbons (Fsp3) is 0.302. The summed E-state index contributed by atoms with van der Waals surface area (Å²) in [6.45, 7) is 3.72. The van der Waals surface area contributed by atoms with Crippen molar-refractivity contribution in [1.29, 1.82) is 10.5 Å². The van der Waals surface area contributed by atoms with Gasteiger partial charge in [-0.05, 0) is 60.1 Å². The van der Waals surface area contributed by atoms with Gasteiger partial charge in [-0.25, -0.2) is 4.98 Å². The highest BCUT2D eigenvalue weighted by molar-refractivity contribution is 8.00. The quantitative estimate of drug-likeness (QED) is 0.115. The molecule has 2 unspecified atom stereocenters. The molecule has 0 bridgehead atoms. The number of hydrogen-bond donors (Lipinski definition) is 4. The Kier molecular flexibility index (Phi) is 11.8. The highest BCUT2D eigenvalue weighted by atomic mass is 32.2. The lowest BCUT2D eigenvalue weighted by Crippen LogP contribution is -2.54. The molecule has 14 nitrogen and oxygen atoms in total. The Morgan fingerprint density at radius 1 is 0.914 bits per heavy atom. The first kappa shape index (κ1) is 39.7. The predicted octanol–water partition coefficient (Wildman–Crippen LogP) is 4.48. The van der Waals surface area contributed by atoms with Gasteiger partial charge in [0.1, 0.15) is 34.3 Å². The van der Waals surface area contributed by atoms with Gasteiger partial charge in [0.25, 0.3) is 11.8 Å². The first-order valence-corrected chi connectivity index (χ1v) is 20.0. The van der Waals surface area contributed by atoms with Gasteiger partial charge in [0.15, 0.2) is 0 Å². The van der Waals surface area contributed by atoms with Crippen LogP contribution in [0.3, 0.4) is 0 Å². The maximum atomic E-state index is 14.0. The van der Waals surface area contributed by atoms with Gasteiger partial charge in [0, 0.05) is 44.3 Å². The van der Waals surface area contributed by atoms with Crippen LogP contribution in [0.2, 0.25) is 0 Å². The van der Waals surface area contributed by atoms with Crippen molar-refractivity contribution >= 4 is 52.8 Å². The van der Waals surface area contributed by atoms with Crippen molar-refractivity contribution in [1.82, 2.24) is 20.5 Å². The molecule has 2 atom stereocenters. The second-order valence-electron chi connectivity index (χ2n) is 14.3. The lowest BCUT2D eigenvalue weighted by Gasteiger charge is -2.32. The van der Waals surface area contributed by atoms with Gasteiger partial charge in [0.05, 0.1) is 22.3 Å². The van der Waals surface area contributed by atoms with E-state index in [-0.39, 0.29) is 42.5 Å². The smallest absolute Gasteiger partial charge is 0.264 e. The van der Waals surface area contributed by atoms with E-state index in [0.29, 0.717) is 59.3 Å². The monoisotopic (exact) mass is 795 g/mol. The van der Waals surface area contributed by atoms with Crippen LogP contribution in [-0.4, -0.2) is 64.6 Å². The fourth-order valence-corrected chi connectivity index (χ4v) is 8.67. The minimum absolute atomic E-state index is 0.0382. The number of carbonyl (C=O) groups excluding carboxylic acids is 5. The molecule has 0 aliphatic carbocycles. The standard InChI is InChI=1S/C43H41N9O5S/c1-2-29-31(21-44)38(51-19-17-28(46)18-20-51)50-41(32(29)22-45)58-37(27-7-4-3-5-8-27)40(55)48-24-26-13-11-25(12-14-26)23-47-33-10-6-9-30-36(33)43(57)52(42(30)56)34-15-16-35(53)49-39(34)54/h3-14,28,34,37,47H,2,15-20,23-24,46H2,1H3,(H,48,55)(H,49,53,54). The molecule has 1 aromatic heterocycles. The summed E-state index contributed by atoms with van der Waals surface area (Å²) in [5.41, 5.74) is 10.7. The molecule has 4 aromatic rings. The molecule has 5 N–H and O–H groups in total. The Labute approximate surface area is 339 Å². The number of imide groups is 2. The highest BCUT2D eigenvalue weighted by Gasteiger charge is 2.45. The number of nitrogens with zero attached hydrogens (tertiary/aromatic N) is 5. The summed E-state index contributed by atoms with van der Waals surface area (Å²) < 4.78 is 0. The van der Waals surface area contributed by atoms with Gasteiger partial charge in [0.2, 0.25) is 17.7 Å². The second kappa shape index (κ2) is 17.3. The molecular weight excluding hydrogens is 755 g/mol. The molecule has 5 amide bonds. The van der Waals surface area contributed by atoms with Crippen LogP contribution >= 0.6 is 11.8 Å². The average molecular weight is 796 g/mol. The molecule has 294 valence electrons. The number of pyridine rings is 1. The summed E-state index contributed by atoms with van der Waals surface area (Å²) in [4.78, 5) is 72.8. The van der Waals surface area contributed by atoms with Crippen LogP contribution in [0.5, 0.6) is 0 Å². The molecule has 0 saturated carbocycles. The Hall–Kier alpha value is -6.55. The maximum Gasteiger partial charge on any atom is 0.264 e. The summed E-state index contributed by atoms with van der Waals surface area (Å²) in [7, 11) is 0. The fourth-order valence-electron chi connectivity index (χ4n) is 7.54. The number of fused-ring (bicyclic) bond motifs is 1. The van der Waals surface area contributed by atoms with Crippen LogP contribution in [0, 0.1) is 22.7 Å². The molecule has 2 fully saturated rings. The zero-order valence-corrected chi connectivity index (χ0v) is 32.6. The van der Waals surface area contributed by atoms with Crippen molar-refractivity contribution in [3.63, 3.8) is 0 Å². The van der Waals surface area contributed by atoms with Gasteiger partial charge < -0.3 is 21.3 Å². The molecule has 0 spiro atoms. The van der Waals surface area contributed by atoms with E-state index in [0.717, 1.165) is 34.4 Å². The number of aromatic nitrogens is 1. The molecule has 4 heterocycles. The maximum absolute atomic E-state index is 14.0. The lowest BCUT2D eigenvalue weighted by atomic mass is 10.00. The number of nitrogens with one attached hydrogen (secondary N) is 3. The SMILES string of the molecule is CCc1c(C#N)c(SC(C(=O)NCc2ccc(CNc3cccc4c3C(=O)N(C3CCC(=O)NC3=O)C4=O)cc2)c2ccccc2)nc(N2CCC(N)CC2)c1C#N. The zero-order valence-electron chi connectivity index (χ0n) is 31.8. The molecular formula is C43H41N9O5S. The Morgan fingerprint density at radius 2 is 1.60 bits per heavy atom. The van der Waals surface area contributed by atoms with E-state index >= 15 is 0 Å². The van der Waals surface area contributed by atoms with Gasteiger partial charge >= 0.3 is 0 Å². The van der Waals surface area contributed by atoms with E-state index < -0.39 is 34.9 Å². The van der Waals surface area contributed by atoms with Crippen LogP contribution in [0.4, 0.5) is 11.5 Å². The van der Waals surface area contributed by atoms with Crippen molar-refractivity contribution in [3.05, 3.63) is 117 Å². The Morgan fingerprint density at radius 3 is 2.26 bits per heavy atom. The number of piperidine rings is 2. The topological polar surface area (TPSA) is 214 Å². The third kappa shape index (κ3) is 8.00. The number of amides is 5. The van der Waals surface area contributed by atoms with Gasteiger partial charge in [-0.15, -0.1) is 0 Å². The summed E-state index contributed by atoms with van der Waals surface area (Å²) in [6.07, 6.45) is 2.08. The number of benzene rings is 3. The van der Waals surface area contributed by atoms with Gasteiger partial charge in [-0.3, -0.25) is 34.2 Å². The van der Waals surface area contributed by atoms with E-state index in [2.05, 4.69) is 28.1 Å². The van der Waals surface area contributed by atoms with E-state index in [1.807, 2.05) is 66.4 Å². The molecule has 0 radical (unpaired) electrons.